The van der Waals surface area contributed by atoms with Crippen LogP contribution >= 0.6 is 0 Å². The first-order valence-electron chi connectivity index (χ1n) is 8.17. The Hall–Kier alpha value is -2.22. The third-order valence-corrected chi connectivity index (χ3v) is 4.31. The number of hydrogen-bond acceptors (Lipinski definition) is 7. The van der Waals surface area contributed by atoms with Crippen molar-refractivity contribution in [1.82, 2.24) is 24.7 Å². The van der Waals surface area contributed by atoms with Crippen LogP contribution in [0.15, 0.2) is 18.6 Å². The summed E-state index contributed by atoms with van der Waals surface area (Å²) in [6.07, 6.45) is 7.54. The van der Waals surface area contributed by atoms with Gasteiger partial charge in [-0.15, -0.1) is 0 Å². The number of ether oxygens (including phenoxy) is 1. The maximum atomic E-state index is 5.49. The lowest BCUT2D eigenvalue weighted by Crippen LogP contribution is -2.33. The van der Waals surface area contributed by atoms with E-state index >= 15 is 0 Å². The molecule has 0 aromatic carbocycles. The molecule has 0 radical (unpaired) electrons. The molecule has 8 heteroatoms. The molecule has 0 aliphatic carbocycles. The highest BCUT2D eigenvalue weighted by molar-refractivity contribution is 5.41. The van der Waals surface area contributed by atoms with E-state index in [1.165, 1.54) is 0 Å². The standard InChI is InChI=1S/C15H21N7O/c1-2-12(9-23-7-1)19-13-5-6-16-15(21-13)20-11-3-4-14-17-10-18-22(14)8-11/h5-6,10-12H,1-4,7-9H2,(H2,16,19,20,21)/t11-,12+/m1/s1. The topological polar surface area (TPSA) is 89.8 Å². The lowest BCUT2D eigenvalue weighted by Gasteiger charge is -2.25. The van der Waals surface area contributed by atoms with Gasteiger partial charge in [0.1, 0.15) is 18.0 Å². The van der Waals surface area contributed by atoms with Crippen molar-refractivity contribution in [3.8, 4) is 0 Å². The molecule has 2 aromatic heterocycles. The van der Waals surface area contributed by atoms with Gasteiger partial charge in [0, 0.05) is 25.3 Å². The molecule has 0 bridgehead atoms. The van der Waals surface area contributed by atoms with E-state index in [0.717, 1.165) is 57.1 Å². The number of hydrogen-bond donors (Lipinski definition) is 2. The van der Waals surface area contributed by atoms with Gasteiger partial charge in [-0.25, -0.2) is 14.6 Å². The SMILES string of the molecule is c1cc(N[C@H]2CCCOC2)nc(N[C@@H]2CCc3ncnn3C2)n1. The summed E-state index contributed by atoms with van der Waals surface area (Å²) in [5, 5.41) is 11.1. The van der Waals surface area contributed by atoms with E-state index < -0.39 is 0 Å². The predicted octanol–water partition coefficient (Wildman–Crippen LogP) is 1.09. The van der Waals surface area contributed by atoms with Crippen LogP contribution in [-0.2, 0) is 17.7 Å². The van der Waals surface area contributed by atoms with Gasteiger partial charge in [-0.1, -0.05) is 0 Å². The molecule has 0 saturated carbocycles. The minimum atomic E-state index is 0.275. The average molecular weight is 315 g/mol. The first kappa shape index (κ1) is 14.4. The Bertz CT molecular complexity index is 653. The van der Waals surface area contributed by atoms with Gasteiger partial charge in [-0.3, -0.25) is 0 Å². The van der Waals surface area contributed by atoms with E-state index in [-0.39, 0.29) is 6.04 Å². The molecule has 2 aromatic rings. The van der Waals surface area contributed by atoms with Gasteiger partial charge < -0.3 is 15.4 Å². The summed E-state index contributed by atoms with van der Waals surface area (Å²) in [6, 6.07) is 2.51. The third kappa shape index (κ3) is 3.42. The molecule has 2 N–H and O–H groups in total. The number of aromatic nitrogens is 5. The van der Waals surface area contributed by atoms with Gasteiger partial charge in [0.05, 0.1) is 19.2 Å². The van der Waals surface area contributed by atoms with Crippen molar-refractivity contribution in [2.75, 3.05) is 23.8 Å². The fourth-order valence-corrected chi connectivity index (χ4v) is 3.11. The van der Waals surface area contributed by atoms with Gasteiger partial charge in [0.25, 0.3) is 0 Å². The molecule has 8 nitrogen and oxygen atoms in total. The molecular formula is C15H21N7O. The summed E-state index contributed by atoms with van der Waals surface area (Å²) in [7, 11) is 0. The minimum absolute atomic E-state index is 0.275. The Kier molecular flexibility index (Phi) is 4.06. The summed E-state index contributed by atoms with van der Waals surface area (Å²) in [5.74, 6) is 2.55. The second-order valence-electron chi connectivity index (χ2n) is 6.06. The Morgan fingerprint density at radius 1 is 1.17 bits per heavy atom. The maximum Gasteiger partial charge on any atom is 0.224 e. The maximum absolute atomic E-state index is 5.49. The van der Waals surface area contributed by atoms with Crippen molar-refractivity contribution >= 4 is 11.8 Å². The summed E-state index contributed by atoms with van der Waals surface area (Å²) >= 11 is 0. The normalized spacial score (nSPS) is 24.0. The third-order valence-electron chi connectivity index (χ3n) is 4.31. The Balaban J connectivity index is 1.38. The highest BCUT2D eigenvalue weighted by Gasteiger charge is 2.20. The second kappa shape index (κ2) is 6.49. The van der Waals surface area contributed by atoms with Gasteiger partial charge in [0.2, 0.25) is 5.95 Å². The molecule has 2 aliphatic rings. The summed E-state index contributed by atoms with van der Waals surface area (Å²) < 4.78 is 7.44. The molecule has 23 heavy (non-hydrogen) atoms. The predicted molar refractivity (Wildman–Crippen MR) is 85.2 cm³/mol. The van der Waals surface area contributed by atoms with Crippen molar-refractivity contribution in [3.63, 3.8) is 0 Å². The van der Waals surface area contributed by atoms with Gasteiger partial charge >= 0.3 is 0 Å². The van der Waals surface area contributed by atoms with Gasteiger partial charge in [0.15, 0.2) is 0 Å². The molecule has 122 valence electrons. The Labute approximate surface area is 134 Å². The van der Waals surface area contributed by atoms with Crippen LogP contribution in [0.25, 0.3) is 0 Å². The smallest absolute Gasteiger partial charge is 0.224 e. The van der Waals surface area contributed by atoms with Crippen LogP contribution in [0.4, 0.5) is 11.8 Å². The molecule has 1 saturated heterocycles. The van der Waals surface area contributed by atoms with E-state index in [2.05, 4.69) is 30.7 Å². The summed E-state index contributed by atoms with van der Waals surface area (Å²) in [5.41, 5.74) is 0. The quantitative estimate of drug-likeness (QED) is 0.872. The minimum Gasteiger partial charge on any atom is -0.379 e. The molecule has 0 amide bonds. The van der Waals surface area contributed by atoms with Crippen LogP contribution < -0.4 is 10.6 Å². The lowest BCUT2D eigenvalue weighted by molar-refractivity contribution is 0.0875. The molecular weight excluding hydrogens is 294 g/mol. The van der Waals surface area contributed by atoms with Crippen LogP contribution in [0, 0.1) is 0 Å². The first-order valence-corrected chi connectivity index (χ1v) is 8.17. The van der Waals surface area contributed by atoms with Crippen molar-refractivity contribution < 1.29 is 4.74 Å². The van der Waals surface area contributed by atoms with Crippen molar-refractivity contribution in [2.45, 2.75) is 44.3 Å². The molecule has 1 fully saturated rings. The van der Waals surface area contributed by atoms with E-state index in [1.54, 1.807) is 12.5 Å². The van der Waals surface area contributed by atoms with Crippen LogP contribution in [0.3, 0.4) is 0 Å². The number of rotatable bonds is 4. The fourth-order valence-electron chi connectivity index (χ4n) is 3.11. The fraction of sp³-hybridized carbons (Fsp3) is 0.600. The van der Waals surface area contributed by atoms with E-state index in [9.17, 15) is 0 Å². The Morgan fingerprint density at radius 2 is 2.17 bits per heavy atom. The number of aryl methyl sites for hydroxylation is 1. The molecule has 0 unspecified atom stereocenters. The van der Waals surface area contributed by atoms with Crippen LogP contribution in [0.5, 0.6) is 0 Å². The number of anilines is 2. The summed E-state index contributed by atoms with van der Waals surface area (Å²) in [4.78, 5) is 13.2. The molecule has 0 spiro atoms. The number of nitrogens with zero attached hydrogens (tertiary/aromatic N) is 5. The average Bonchev–Trinajstić information content (AvgIpc) is 3.04. The van der Waals surface area contributed by atoms with Gasteiger partial charge in [-0.05, 0) is 25.3 Å². The highest BCUT2D eigenvalue weighted by atomic mass is 16.5. The largest absolute Gasteiger partial charge is 0.379 e. The number of fused-ring (bicyclic) bond motifs is 1. The van der Waals surface area contributed by atoms with E-state index in [1.807, 2.05) is 10.7 Å². The Morgan fingerprint density at radius 3 is 3.09 bits per heavy atom. The molecule has 4 rings (SSSR count). The number of nitrogens with one attached hydrogen (secondary N) is 2. The first-order chi connectivity index (χ1) is 11.4. The highest BCUT2D eigenvalue weighted by Crippen LogP contribution is 2.17. The zero-order valence-corrected chi connectivity index (χ0v) is 13.0. The molecule has 4 heterocycles. The zero-order chi connectivity index (χ0) is 15.5. The monoisotopic (exact) mass is 315 g/mol. The van der Waals surface area contributed by atoms with Crippen LogP contribution in [0.1, 0.15) is 25.1 Å². The van der Waals surface area contributed by atoms with Crippen molar-refractivity contribution in [2.24, 2.45) is 0 Å². The van der Waals surface area contributed by atoms with Crippen molar-refractivity contribution in [3.05, 3.63) is 24.4 Å². The van der Waals surface area contributed by atoms with Crippen LogP contribution in [-0.4, -0.2) is 50.0 Å². The van der Waals surface area contributed by atoms with E-state index in [4.69, 9.17) is 4.74 Å². The molecule has 2 aliphatic heterocycles. The van der Waals surface area contributed by atoms with Crippen molar-refractivity contribution in [1.29, 1.82) is 0 Å². The molecule has 2 atom stereocenters. The van der Waals surface area contributed by atoms with Gasteiger partial charge in [-0.2, -0.15) is 10.1 Å². The second-order valence-corrected chi connectivity index (χ2v) is 6.06. The summed E-state index contributed by atoms with van der Waals surface area (Å²) in [6.45, 7) is 2.40. The van der Waals surface area contributed by atoms with E-state index in [0.29, 0.717) is 12.0 Å². The zero-order valence-electron chi connectivity index (χ0n) is 13.0. The lowest BCUT2D eigenvalue weighted by atomic mass is 10.1. The van der Waals surface area contributed by atoms with Crippen LogP contribution in [0.2, 0.25) is 0 Å².